The SMILES string of the molecule is C.C.C.CC(=O)N1CC[C@]23c4c5ccc(C)c4O[C@H]2C(=O)C=C[C@@]3(O)[C@H]1C5.Cc1ccc2c3c1O[C@H]1C(=O)C=C[C@@]4(O)[C@@H](C2)N(C)CC[C@]314.Cc1ccc2c3c1O[C@H]1C(=O)C=C[C@]45OCN(CC[C@]314)[C@@H]5C2. The third-order valence-electron chi connectivity index (χ3n) is 19.5. The molecule has 13 nitrogen and oxygen atoms in total. The zero-order valence-electron chi connectivity index (χ0n) is 39.0. The number of nitrogens with zero attached hydrogens (tertiary/aromatic N) is 3. The van der Waals surface area contributed by atoms with Gasteiger partial charge >= 0.3 is 0 Å². The highest BCUT2D eigenvalue weighted by Gasteiger charge is 2.76. The van der Waals surface area contributed by atoms with E-state index in [1.54, 1.807) is 23.1 Å². The lowest BCUT2D eigenvalue weighted by molar-refractivity contribution is -0.165. The third kappa shape index (κ3) is 5.19. The van der Waals surface area contributed by atoms with Gasteiger partial charge in [-0.05, 0) is 143 Å². The fourth-order valence-electron chi connectivity index (χ4n) is 16.5. The van der Waals surface area contributed by atoms with Crippen LogP contribution in [-0.2, 0) is 59.4 Å². The Hall–Kier alpha value is -5.44. The van der Waals surface area contributed by atoms with E-state index in [0.29, 0.717) is 32.2 Å². The molecule has 374 valence electrons. The van der Waals surface area contributed by atoms with E-state index >= 15 is 0 Å². The van der Waals surface area contributed by atoms with Crippen LogP contribution in [0.25, 0.3) is 0 Å². The van der Waals surface area contributed by atoms with Crippen molar-refractivity contribution in [2.45, 2.75) is 158 Å². The molecule has 8 bridgehead atoms. The molecule has 0 aromatic heterocycles. The van der Waals surface area contributed by atoms with Gasteiger partial charge in [0.2, 0.25) is 5.91 Å². The Morgan fingerprint density at radius 2 is 1.00 bits per heavy atom. The maximum atomic E-state index is 12.6. The van der Waals surface area contributed by atoms with Crippen molar-refractivity contribution in [1.29, 1.82) is 0 Å². The van der Waals surface area contributed by atoms with E-state index in [1.807, 2.05) is 19.9 Å². The molecule has 4 saturated heterocycles. The number of piperidine rings is 3. The van der Waals surface area contributed by atoms with Crippen molar-refractivity contribution >= 4 is 23.3 Å². The molecule has 4 fully saturated rings. The quantitative estimate of drug-likeness (QED) is 0.290. The van der Waals surface area contributed by atoms with E-state index < -0.39 is 40.3 Å². The molecule has 13 aliphatic rings. The first-order chi connectivity index (χ1) is 32.6. The molecule has 3 aromatic carbocycles. The van der Waals surface area contributed by atoms with Crippen molar-refractivity contribution in [3.63, 3.8) is 0 Å². The second-order valence-electron chi connectivity index (χ2n) is 22.0. The van der Waals surface area contributed by atoms with Crippen LogP contribution in [0.1, 0.15) is 98.5 Å². The molecule has 7 aliphatic heterocycles. The number of ether oxygens (including phenoxy) is 4. The third-order valence-corrected chi connectivity index (χ3v) is 19.5. The van der Waals surface area contributed by atoms with Crippen molar-refractivity contribution in [2.75, 3.05) is 33.4 Å². The number of aryl methyl sites for hydroxylation is 3. The Balaban J connectivity index is 0.000000113. The van der Waals surface area contributed by atoms with Gasteiger partial charge in [-0.1, -0.05) is 58.7 Å². The fourth-order valence-corrected chi connectivity index (χ4v) is 16.5. The topological polar surface area (TPSA) is 155 Å². The number of benzene rings is 3. The first kappa shape index (κ1) is 47.9. The van der Waals surface area contributed by atoms with E-state index in [9.17, 15) is 29.4 Å². The fraction of sp³-hybridized carbons (Fsp3) is 0.517. The summed E-state index contributed by atoms with van der Waals surface area (Å²) in [5, 5.41) is 23.4. The minimum atomic E-state index is -1.26. The van der Waals surface area contributed by atoms with Crippen LogP contribution in [0.15, 0.2) is 72.9 Å². The minimum Gasteiger partial charge on any atom is -0.481 e. The van der Waals surface area contributed by atoms with Gasteiger partial charge in [-0.2, -0.15) is 0 Å². The Labute approximate surface area is 416 Å². The van der Waals surface area contributed by atoms with Crippen LogP contribution in [0.5, 0.6) is 17.2 Å². The minimum absolute atomic E-state index is 0. The lowest BCUT2D eigenvalue weighted by atomic mass is 9.50. The van der Waals surface area contributed by atoms with E-state index in [-0.39, 0.29) is 68.6 Å². The van der Waals surface area contributed by atoms with Crippen LogP contribution < -0.4 is 14.2 Å². The summed E-state index contributed by atoms with van der Waals surface area (Å²) in [5.41, 5.74) is 5.83. The predicted molar refractivity (Wildman–Crippen MR) is 266 cm³/mol. The standard InChI is InChI=1S/C19H19NO4.C18H17NO3.C18H19NO3.3CH4/c1-10-3-4-12-9-14-19(23)6-5-13(22)17-18(19,15(12)16(10)24-17)7-8-20(14)11(2)21;1-10-2-3-11-8-13-18-5-4-12(20)16-17(18,14(11)15(10)22-16)6-7-19(13)9-21-18;1-10-3-4-11-9-13-18(21)6-5-12(20)16-17(18,7-8-19(13)2)14(11)15(10)22-16;;;/h3-6,14,17,23H,7-9H2,1-2H3;2-5,13,16H,6-9H2,1H3;3-6,13,16,21H,7-9H2,1-2H3;3*1H4/t14-,17+,18+,19-;2*13-,16+,17+,18-;;;/m111.../s1. The summed E-state index contributed by atoms with van der Waals surface area (Å²) >= 11 is 0. The molecule has 4 spiro atoms. The summed E-state index contributed by atoms with van der Waals surface area (Å²) in [7, 11) is 2.06. The molecule has 7 heterocycles. The van der Waals surface area contributed by atoms with E-state index in [2.05, 4.69) is 60.2 Å². The highest BCUT2D eigenvalue weighted by atomic mass is 16.5. The van der Waals surface area contributed by atoms with Crippen LogP contribution in [-0.4, -0.2) is 135 Å². The predicted octanol–water partition coefficient (Wildman–Crippen LogP) is 5.56. The number of aliphatic hydroxyl groups is 2. The van der Waals surface area contributed by atoms with Gasteiger partial charge in [-0.25, -0.2) is 0 Å². The molecule has 3 aromatic rings. The second kappa shape index (κ2) is 15.1. The van der Waals surface area contributed by atoms with Gasteiger partial charge in [0.25, 0.3) is 0 Å². The van der Waals surface area contributed by atoms with Crippen molar-refractivity contribution in [3.8, 4) is 17.2 Å². The largest absolute Gasteiger partial charge is 0.481 e. The number of likely N-dealkylation sites (N-methyl/N-ethyl adjacent to an activating group) is 1. The average Bonchev–Trinajstić information content (AvgIpc) is 4.04. The Kier molecular flexibility index (Phi) is 10.2. The number of rotatable bonds is 0. The molecule has 71 heavy (non-hydrogen) atoms. The maximum absolute atomic E-state index is 12.6. The Morgan fingerprint density at radius 3 is 1.52 bits per heavy atom. The number of hydrogen-bond acceptors (Lipinski definition) is 12. The summed E-state index contributed by atoms with van der Waals surface area (Å²) in [6, 6.07) is 12.6. The normalized spacial score (nSPS) is 39.8. The lowest BCUT2D eigenvalue weighted by Gasteiger charge is -2.60. The second-order valence-corrected chi connectivity index (χ2v) is 22.0. The highest BCUT2D eigenvalue weighted by Crippen LogP contribution is 2.67. The lowest BCUT2D eigenvalue weighted by Crippen LogP contribution is -2.75. The number of hydrogen-bond donors (Lipinski definition) is 2. The van der Waals surface area contributed by atoms with Gasteiger partial charge in [-0.3, -0.25) is 29.0 Å². The molecule has 6 aliphatic carbocycles. The summed E-state index contributed by atoms with van der Waals surface area (Å²) in [4.78, 5) is 56.3. The van der Waals surface area contributed by atoms with E-state index in [4.69, 9.17) is 18.9 Å². The number of carbonyl (C=O) groups is 4. The summed E-state index contributed by atoms with van der Waals surface area (Å²) in [5.74, 6) is 2.47. The van der Waals surface area contributed by atoms with Gasteiger partial charge in [-0.15, -0.1) is 0 Å². The van der Waals surface area contributed by atoms with Gasteiger partial charge in [0.15, 0.2) is 35.7 Å². The van der Waals surface area contributed by atoms with Crippen LogP contribution in [0.4, 0.5) is 0 Å². The molecule has 0 saturated carbocycles. The highest BCUT2D eigenvalue weighted by molar-refractivity contribution is 6.00. The number of amides is 1. The number of carbonyl (C=O) groups excluding carboxylic acids is 4. The molecule has 16 rings (SSSR count). The van der Waals surface area contributed by atoms with Crippen LogP contribution in [0, 0.1) is 20.8 Å². The van der Waals surface area contributed by atoms with Gasteiger partial charge in [0.1, 0.15) is 40.8 Å². The van der Waals surface area contributed by atoms with Gasteiger partial charge < -0.3 is 34.1 Å². The number of likely N-dealkylation sites (tertiary alicyclic amines) is 2. The van der Waals surface area contributed by atoms with Crippen molar-refractivity contribution in [1.82, 2.24) is 14.7 Å². The van der Waals surface area contributed by atoms with Crippen molar-refractivity contribution < 1.29 is 48.3 Å². The summed E-state index contributed by atoms with van der Waals surface area (Å²) in [6.45, 7) is 10.7. The van der Waals surface area contributed by atoms with E-state index in [0.717, 1.165) is 89.4 Å². The molecule has 13 heteroatoms. The number of ketones is 3. The van der Waals surface area contributed by atoms with Crippen LogP contribution >= 0.6 is 0 Å². The zero-order valence-corrected chi connectivity index (χ0v) is 39.0. The summed E-state index contributed by atoms with van der Waals surface area (Å²) in [6.07, 6.45) is 13.0. The first-order valence-corrected chi connectivity index (χ1v) is 24.4. The zero-order chi connectivity index (χ0) is 46.8. The van der Waals surface area contributed by atoms with Gasteiger partial charge in [0.05, 0.1) is 22.3 Å². The average molecular weight is 966 g/mol. The monoisotopic (exact) mass is 965 g/mol. The molecule has 0 radical (unpaired) electrons. The summed E-state index contributed by atoms with van der Waals surface area (Å²) < 4.78 is 24.9. The molecular formula is C58H67N3O10. The van der Waals surface area contributed by atoms with E-state index in [1.165, 1.54) is 35.8 Å². The molecule has 1 amide bonds. The van der Waals surface area contributed by atoms with Crippen LogP contribution in [0.2, 0.25) is 0 Å². The molecule has 13 atom stereocenters. The van der Waals surface area contributed by atoms with Gasteiger partial charge in [0, 0.05) is 48.8 Å². The smallest absolute Gasteiger partial charge is 0.219 e. The van der Waals surface area contributed by atoms with Crippen molar-refractivity contribution in [2.24, 2.45) is 0 Å². The van der Waals surface area contributed by atoms with Crippen molar-refractivity contribution in [3.05, 3.63) is 123 Å². The van der Waals surface area contributed by atoms with Crippen LogP contribution in [0.3, 0.4) is 0 Å². The molecule has 1 unspecified atom stereocenters. The molecule has 2 N–H and O–H groups in total. The Bertz CT molecular complexity index is 3000. The Morgan fingerprint density at radius 1 is 0.577 bits per heavy atom. The maximum Gasteiger partial charge on any atom is 0.219 e. The molecular weight excluding hydrogens is 899 g/mol. The first-order valence-electron chi connectivity index (χ1n) is 24.4.